The number of nitrogens with one attached hydrogen (secondary N) is 3. The van der Waals surface area contributed by atoms with Gasteiger partial charge in [0.05, 0.1) is 24.9 Å². The standard InChI is InChI=1S/C19H22ClN3O4/c1-11(21-16-10-17(26-3)15(20)9-18(16)27-4)19(25)23-14-7-5-13(6-8-14)22-12(2)24/h5-11,21H,1-4H3,(H,22,24)(H,23,25)/t11-/m1/s1. The number of hydrogen-bond donors (Lipinski definition) is 3. The summed E-state index contributed by atoms with van der Waals surface area (Å²) in [5.41, 5.74) is 1.86. The highest BCUT2D eigenvalue weighted by Crippen LogP contribution is 2.36. The Hall–Kier alpha value is -2.93. The third kappa shape index (κ3) is 5.52. The van der Waals surface area contributed by atoms with Crippen LogP contribution in [0.1, 0.15) is 13.8 Å². The van der Waals surface area contributed by atoms with Gasteiger partial charge >= 0.3 is 0 Å². The molecule has 8 heteroatoms. The van der Waals surface area contributed by atoms with E-state index in [1.807, 2.05) is 0 Å². The predicted molar refractivity (Wildman–Crippen MR) is 107 cm³/mol. The molecule has 0 saturated heterocycles. The Kier molecular flexibility index (Phi) is 6.90. The average molecular weight is 392 g/mol. The van der Waals surface area contributed by atoms with Crippen LogP contribution in [0, 0.1) is 0 Å². The Balaban J connectivity index is 2.06. The number of halogens is 1. The largest absolute Gasteiger partial charge is 0.495 e. The molecular formula is C19H22ClN3O4. The zero-order valence-corrected chi connectivity index (χ0v) is 16.3. The Labute approximate surface area is 163 Å². The molecule has 0 bridgehead atoms. The quantitative estimate of drug-likeness (QED) is 0.668. The fourth-order valence-electron chi connectivity index (χ4n) is 2.36. The van der Waals surface area contributed by atoms with Gasteiger partial charge in [-0.1, -0.05) is 11.6 Å². The van der Waals surface area contributed by atoms with Gasteiger partial charge in [-0.3, -0.25) is 9.59 Å². The number of rotatable bonds is 7. The summed E-state index contributed by atoms with van der Waals surface area (Å²) in [6.07, 6.45) is 0. The Bertz CT molecular complexity index is 824. The fourth-order valence-corrected chi connectivity index (χ4v) is 2.59. The van der Waals surface area contributed by atoms with Crippen molar-refractivity contribution in [1.29, 1.82) is 0 Å². The van der Waals surface area contributed by atoms with Crippen molar-refractivity contribution in [3.63, 3.8) is 0 Å². The second kappa shape index (κ2) is 9.14. The van der Waals surface area contributed by atoms with E-state index in [2.05, 4.69) is 16.0 Å². The molecule has 144 valence electrons. The normalized spacial score (nSPS) is 11.3. The third-order valence-electron chi connectivity index (χ3n) is 3.71. The Morgan fingerprint density at radius 1 is 0.963 bits per heavy atom. The maximum atomic E-state index is 12.5. The summed E-state index contributed by atoms with van der Waals surface area (Å²) < 4.78 is 10.5. The van der Waals surface area contributed by atoms with Gasteiger partial charge in [0.1, 0.15) is 17.5 Å². The van der Waals surface area contributed by atoms with Crippen LogP contribution < -0.4 is 25.4 Å². The van der Waals surface area contributed by atoms with E-state index >= 15 is 0 Å². The number of benzene rings is 2. The van der Waals surface area contributed by atoms with Gasteiger partial charge in [0, 0.05) is 30.4 Å². The molecule has 2 aromatic rings. The van der Waals surface area contributed by atoms with Gasteiger partial charge in [0.15, 0.2) is 0 Å². The molecule has 7 nitrogen and oxygen atoms in total. The molecule has 2 aromatic carbocycles. The predicted octanol–water partition coefficient (Wildman–Crippen LogP) is 3.75. The molecule has 0 heterocycles. The first-order valence-corrected chi connectivity index (χ1v) is 8.58. The molecule has 0 spiro atoms. The van der Waals surface area contributed by atoms with Gasteiger partial charge in [-0.25, -0.2) is 0 Å². The molecule has 2 amide bonds. The van der Waals surface area contributed by atoms with Crippen molar-refractivity contribution in [3.05, 3.63) is 41.4 Å². The number of ether oxygens (including phenoxy) is 2. The Morgan fingerprint density at radius 2 is 1.52 bits per heavy atom. The maximum Gasteiger partial charge on any atom is 0.246 e. The molecule has 2 rings (SSSR count). The van der Waals surface area contributed by atoms with Crippen molar-refractivity contribution in [1.82, 2.24) is 0 Å². The molecule has 0 fully saturated rings. The van der Waals surface area contributed by atoms with Crippen LogP contribution in [0.4, 0.5) is 17.1 Å². The number of hydrogen-bond acceptors (Lipinski definition) is 5. The van der Waals surface area contributed by atoms with E-state index in [1.54, 1.807) is 43.3 Å². The number of amides is 2. The van der Waals surface area contributed by atoms with Crippen molar-refractivity contribution < 1.29 is 19.1 Å². The van der Waals surface area contributed by atoms with Crippen molar-refractivity contribution >= 4 is 40.5 Å². The van der Waals surface area contributed by atoms with Gasteiger partial charge in [-0.15, -0.1) is 0 Å². The van der Waals surface area contributed by atoms with Gasteiger partial charge in [-0.2, -0.15) is 0 Å². The molecule has 0 aliphatic rings. The van der Waals surface area contributed by atoms with Crippen LogP contribution in [0.5, 0.6) is 11.5 Å². The van der Waals surface area contributed by atoms with Crippen LogP contribution >= 0.6 is 11.6 Å². The Morgan fingerprint density at radius 3 is 2.04 bits per heavy atom. The van der Waals surface area contributed by atoms with Gasteiger partial charge in [0.25, 0.3) is 0 Å². The van der Waals surface area contributed by atoms with Crippen molar-refractivity contribution in [2.45, 2.75) is 19.9 Å². The summed E-state index contributed by atoms with van der Waals surface area (Å²) in [6, 6.07) is 9.58. The van der Waals surface area contributed by atoms with Crippen LogP contribution in [0.15, 0.2) is 36.4 Å². The summed E-state index contributed by atoms with van der Waals surface area (Å²) in [5, 5.41) is 8.98. The zero-order chi connectivity index (χ0) is 20.0. The smallest absolute Gasteiger partial charge is 0.246 e. The summed E-state index contributed by atoms with van der Waals surface area (Å²) in [6.45, 7) is 3.16. The van der Waals surface area contributed by atoms with E-state index in [0.29, 0.717) is 33.6 Å². The molecule has 0 aromatic heterocycles. The van der Waals surface area contributed by atoms with Crippen LogP contribution in [0.3, 0.4) is 0 Å². The van der Waals surface area contributed by atoms with E-state index < -0.39 is 6.04 Å². The average Bonchev–Trinajstić information content (AvgIpc) is 2.63. The molecule has 0 saturated carbocycles. The molecule has 1 atom stereocenters. The lowest BCUT2D eigenvalue weighted by Gasteiger charge is -2.18. The second-order valence-electron chi connectivity index (χ2n) is 5.80. The van der Waals surface area contributed by atoms with E-state index in [9.17, 15) is 9.59 Å². The molecule has 27 heavy (non-hydrogen) atoms. The minimum Gasteiger partial charge on any atom is -0.495 e. The summed E-state index contributed by atoms with van der Waals surface area (Å²) in [4.78, 5) is 23.5. The molecule has 0 radical (unpaired) electrons. The highest BCUT2D eigenvalue weighted by molar-refractivity contribution is 6.32. The highest BCUT2D eigenvalue weighted by atomic mass is 35.5. The highest BCUT2D eigenvalue weighted by Gasteiger charge is 2.17. The SMILES string of the molecule is COc1cc(N[C@H](C)C(=O)Nc2ccc(NC(C)=O)cc2)c(OC)cc1Cl. The summed E-state index contributed by atoms with van der Waals surface area (Å²) >= 11 is 6.09. The van der Waals surface area contributed by atoms with Crippen molar-refractivity contribution in [3.8, 4) is 11.5 Å². The first-order chi connectivity index (χ1) is 12.8. The van der Waals surface area contributed by atoms with E-state index in [1.165, 1.54) is 21.1 Å². The minimum absolute atomic E-state index is 0.156. The summed E-state index contributed by atoms with van der Waals surface area (Å²) in [7, 11) is 3.03. The molecule has 3 N–H and O–H groups in total. The topological polar surface area (TPSA) is 88.7 Å². The van der Waals surface area contributed by atoms with Crippen LogP contribution in [0.25, 0.3) is 0 Å². The number of methoxy groups -OCH3 is 2. The van der Waals surface area contributed by atoms with Crippen LogP contribution in [-0.4, -0.2) is 32.1 Å². The minimum atomic E-state index is -0.556. The third-order valence-corrected chi connectivity index (χ3v) is 4.01. The first-order valence-electron chi connectivity index (χ1n) is 8.20. The first kappa shape index (κ1) is 20.4. The molecule has 0 aliphatic carbocycles. The van der Waals surface area contributed by atoms with Gasteiger partial charge in [0.2, 0.25) is 11.8 Å². The lowest BCUT2D eigenvalue weighted by Crippen LogP contribution is -2.32. The van der Waals surface area contributed by atoms with Crippen LogP contribution in [0.2, 0.25) is 5.02 Å². The van der Waals surface area contributed by atoms with E-state index in [0.717, 1.165) is 0 Å². The van der Waals surface area contributed by atoms with E-state index in [-0.39, 0.29) is 11.8 Å². The molecule has 0 aliphatic heterocycles. The lowest BCUT2D eigenvalue weighted by molar-refractivity contribution is -0.116. The van der Waals surface area contributed by atoms with Crippen LogP contribution in [-0.2, 0) is 9.59 Å². The fraction of sp³-hybridized carbons (Fsp3) is 0.263. The molecular weight excluding hydrogens is 370 g/mol. The van der Waals surface area contributed by atoms with Crippen molar-refractivity contribution in [2.24, 2.45) is 0 Å². The number of anilines is 3. The van der Waals surface area contributed by atoms with Gasteiger partial charge < -0.3 is 25.4 Å². The van der Waals surface area contributed by atoms with E-state index in [4.69, 9.17) is 21.1 Å². The van der Waals surface area contributed by atoms with Crippen molar-refractivity contribution in [2.75, 3.05) is 30.2 Å². The monoisotopic (exact) mass is 391 g/mol. The summed E-state index contributed by atoms with van der Waals surface area (Å²) in [5.74, 6) is 0.580. The number of carbonyl (C=O) groups is 2. The van der Waals surface area contributed by atoms with Gasteiger partial charge in [-0.05, 0) is 31.2 Å². The second-order valence-corrected chi connectivity index (χ2v) is 6.21. The number of carbonyl (C=O) groups excluding carboxylic acids is 2. The maximum absolute atomic E-state index is 12.5. The lowest BCUT2D eigenvalue weighted by atomic mass is 10.2. The molecule has 0 unspecified atom stereocenters. The zero-order valence-electron chi connectivity index (χ0n) is 15.6.